The average molecular weight is 518 g/mol. The fourth-order valence-corrected chi connectivity index (χ4v) is 4.67. The lowest BCUT2D eigenvalue weighted by atomic mass is 9.75. The largest absolute Gasteiger partial charge is 0.416 e. The predicted octanol–water partition coefficient (Wildman–Crippen LogP) is 6.90. The van der Waals surface area contributed by atoms with Crippen molar-refractivity contribution in [2.24, 2.45) is 0 Å². The summed E-state index contributed by atoms with van der Waals surface area (Å²) in [6.45, 7) is 3.20. The molecule has 0 saturated carbocycles. The molecular formula is C25H28F6N2O3. The summed E-state index contributed by atoms with van der Waals surface area (Å²) < 4.78 is 85.6. The molecular weight excluding hydrogens is 490 g/mol. The number of benzene rings is 2. The number of hydrogen-bond acceptors (Lipinski definition) is 4. The molecule has 1 aliphatic heterocycles. The van der Waals surface area contributed by atoms with Gasteiger partial charge in [0, 0.05) is 17.8 Å². The molecule has 2 aromatic rings. The summed E-state index contributed by atoms with van der Waals surface area (Å²) in [5.41, 5.74) is -4.36. The first kappa shape index (κ1) is 27.9. The number of rotatable bonds is 8. The summed E-state index contributed by atoms with van der Waals surface area (Å²) in [7, 11) is 0. The van der Waals surface area contributed by atoms with E-state index in [4.69, 9.17) is 4.74 Å². The van der Waals surface area contributed by atoms with E-state index in [1.807, 2.05) is 19.1 Å². The molecule has 1 fully saturated rings. The van der Waals surface area contributed by atoms with Gasteiger partial charge < -0.3 is 4.74 Å². The third-order valence-electron chi connectivity index (χ3n) is 6.86. The molecule has 0 amide bonds. The predicted molar refractivity (Wildman–Crippen MR) is 121 cm³/mol. The van der Waals surface area contributed by atoms with Crippen molar-refractivity contribution in [1.29, 1.82) is 0 Å². The van der Waals surface area contributed by atoms with Crippen LogP contribution in [0.25, 0.3) is 0 Å². The van der Waals surface area contributed by atoms with Crippen LogP contribution in [0.2, 0.25) is 0 Å². The van der Waals surface area contributed by atoms with E-state index in [0.717, 1.165) is 5.56 Å². The molecule has 1 heterocycles. The summed E-state index contributed by atoms with van der Waals surface area (Å²) in [6.07, 6.45) is -9.48. The Morgan fingerprint density at radius 2 is 1.61 bits per heavy atom. The number of hydrogen-bond donors (Lipinski definition) is 1. The first-order valence-electron chi connectivity index (χ1n) is 11.6. The van der Waals surface area contributed by atoms with Gasteiger partial charge >= 0.3 is 12.4 Å². The Hall–Kier alpha value is -2.66. The number of nitro groups is 1. The quantitative estimate of drug-likeness (QED) is 0.235. The highest BCUT2D eigenvalue weighted by Crippen LogP contribution is 2.40. The Bertz CT molecular complexity index is 1020. The second-order valence-corrected chi connectivity index (χ2v) is 9.33. The van der Waals surface area contributed by atoms with Gasteiger partial charge in [-0.25, -0.2) is 0 Å². The van der Waals surface area contributed by atoms with E-state index in [-0.39, 0.29) is 36.1 Å². The van der Waals surface area contributed by atoms with Crippen molar-refractivity contribution >= 4 is 0 Å². The Morgan fingerprint density at radius 3 is 2.06 bits per heavy atom. The summed E-state index contributed by atoms with van der Waals surface area (Å²) in [4.78, 5) is 11.6. The standard InChI is InChI=1S/C25H28F6N2O3/c1-3-9-22(33(34)35)10-11-23(32-15-22,19-7-5-4-6-8-19)16-36-17(2)18-12-20(24(26,27)28)14-21(13-18)25(29,30)31/h4-8,12-14,17,32H,3,9-11,15-16H2,1-2H3/t17-,22+,23-/m1/s1. The van der Waals surface area contributed by atoms with E-state index >= 15 is 0 Å². The number of alkyl halides is 6. The van der Waals surface area contributed by atoms with Crippen LogP contribution >= 0.6 is 0 Å². The number of halogens is 6. The van der Waals surface area contributed by atoms with Crippen LogP contribution in [-0.4, -0.2) is 23.6 Å². The zero-order chi connectivity index (χ0) is 26.8. The summed E-state index contributed by atoms with van der Waals surface area (Å²) >= 11 is 0. The molecule has 3 atom stereocenters. The van der Waals surface area contributed by atoms with E-state index in [2.05, 4.69) is 5.32 Å². The normalized spacial score (nSPS) is 23.9. The highest BCUT2D eigenvalue weighted by atomic mass is 19.4. The lowest BCUT2D eigenvalue weighted by Gasteiger charge is -2.44. The zero-order valence-corrected chi connectivity index (χ0v) is 19.9. The average Bonchev–Trinajstić information content (AvgIpc) is 2.83. The fraction of sp³-hybridized carbons (Fsp3) is 0.520. The number of piperidine rings is 1. The fourth-order valence-electron chi connectivity index (χ4n) is 4.67. The van der Waals surface area contributed by atoms with Crippen molar-refractivity contribution in [3.8, 4) is 0 Å². The molecule has 36 heavy (non-hydrogen) atoms. The van der Waals surface area contributed by atoms with Crippen LogP contribution in [-0.2, 0) is 22.6 Å². The van der Waals surface area contributed by atoms with E-state index < -0.39 is 40.7 Å². The Labute approximate surface area is 205 Å². The SMILES string of the molecule is CCC[C@]1([N+](=O)[O-])CC[C@@](CO[C@H](C)c2cc(C(F)(F)F)cc(C(F)(F)F)c2)(c2ccccc2)NC1. The van der Waals surface area contributed by atoms with E-state index in [9.17, 15) is 36.5 Å². The van der Waals surface area contributed by atoms with Crippen LogP contribution in [0.1, 0.15) is 67.9 Å². The molecule has 0 radical (unpaired) electrons. The van der Waals surface area contributed by atoms with Gasteiger partial charge in [-0.05, 0) is 49.1 Å². The molecule has 1 N–H and O–H groups in total. The summed E-state index contributed by atoms with van der Waals surface area (Å²) in [5, 5.41) is 15.1. The molecule has 5 nitrogen and oxygen atoms in total. The van der Waals surface area contributed by atoms with Crippen molar-refractivity contribution in [2.45, 2.75) is 69.1 Å². The van der Waals surface area contributed by atoms with Crippen LogP contribution < -0.4 is 5.32 Å². The van der Waals surface area contributed by atoms with Gasteiger partial charge in [0.05, 0.1) is 35.9 Å². The molecule has 198 valence electrons. The van der Waals surface area contributed by atoms with Gasteiger partial charge in [0.2, 0.25) is 5.54 Å². The molecule has 11 heteroatoms. The van der Waals surface area contributed by atoms with Crippen molar-refractivity contribution in [2.75, 3.05) is 13.2 Å². The highest BCUT2D eigenvalue weighted by Gasteiger charge is 2.50. The number of nitrogens with zero attached hydrogens (tertiary/aromatic N) is 1. The van der Waals surface area contributed by atoms with Gasteiger partial charge in [0.1, 0.15) is 0 Å². The van der Waals surface area contributed by atoms with Gasteiger partial charge in [-0.3, -0.25) is 15.4 Å². The van der Waals surface area contributed by atoms with Crippen LogP contribution in [0.3, 0.4) is 0 Å². The number of ether oxygens (including phenoxy) is 1. The first-order chi connectivity index (χ1) is 16.7. The van der Waals surface area contributed by atoms with Gasteiger partial charge in [0.25, 0.3) is 0 Å². The van der Waals surface area contributed by atoms with Crippen LogP contribution in [0.15, 0.2) is 48.5 Å². The molecule has 0 aromatic heterocycles. The topological polar surface area (TPSA) is 64.4 Å². The molecule has 0 aliphatic carbocycles. The smallest absolute Gasteiger partial charge is 0.372 e. The molecule has 0 spiro atoms. The Morgan fingerprint density at radius 1 is 1.03 bits per heavy atom. The van der Waals surface area contributed by atoms with Crippen LogP contribution in [0.5, 0.6) is 0 Å². The highest BCUT2D eigenvalue weighted by molar-refractivity contribution is 5.35. The van der Waals surface area contributed by atoms with Gasteiger partial charge in [-0.1, -0.05) is 37.3 Å². The molecule has 0 bridgehead atoms. The van der Waals surface area contributed by atoms with Gasteiger partial charge in [0.15, 0.2) is 0 Å². The minimum Gasteiger partial charge on any atom is -0.372 e. The molecule has 1 saturated heterocycles. The maximum Gasteiger partial charge on any atom is 0.416 e. The van der Waals surface area contributed by atoms with Gasteiger partial charge in [-0.15, -0.1) is 0 Å². The molecule has 0 unspecified atom stereocenters. The first-order valence-corrected chi connectivity index (χ1v) is 11.6. The maximum absolute atomic E-state index is 13.3. The van der Waals surface area contributed by atoms with Crippen molar-refractivity contribution < 1.29 is 36.0 Å². The van der Waals surface area contributed by atoms with Crippen LogP contribution in [0.4, 0.5) is 26.3 Å². The second kappa shape index (κ2) is 10.4. The molecule has 3 rings (SSSR count). The summed E-state index contributed by atoms with van der Waals surface area (Å²) in [6, 6.07) is 10.4. The third-order valence-corrected chi connectivity index (χ3v) is 6.86. The van der Waals surface area contributed by atoms with Crippen LogP contribution in [0, 0.1) is 10.1 Å². The lowest BCUT2D eigenvalue weighted by molar-refractivity contribution is -0.573. The molecule has 1 aliphatic rings. The van der Waals surface area contributed by atoms with Gasteiger partial charge in [-0.2, -0.15) is 26.3 Å². The van der Waals surface area contributed by atoms with Crippen molar-refractivity contribution in [3.63, 3.8) is 0 Å². The van der Waals surface area contributed by atoms with Crippen molar-refractivity contribution in [3.05, 3.63) is 80.9 Å². The third kappa shape index (κ3) is 6.00. The van der Waals surface area contributed by atoms with Crippen molar-refractivity contribution in [1.82, 2.24) is 5.32 Å². The zero-order valence-electron chi connectivity index (χ0n) is 19.9. The lowest BCUT2D eigenvalue weighted by Crippen LogP contribution is -2.60. The second-order valence-electron chi connectivity index (χ2n) is 9.33. The van der Waals surface area contributed by atoms with E-state index in [1.165, 1.54) is 6.92 Å². The monoisotopic (exact) mass is 518 g/mol. The minimum absolute atomic E-state index is 0.0578. The van der Waals surface area contributed by atoms with E-state index in [0.29, 0.717) is 31.4 Å². The van der Waals surface area contributed by atoms with E-state index in [1.54, 1.807) is 18.2 Å². The Kier molecular flexibility index (Phi) is 8.04. The maximum atomic E-state index is 13.3. The number of nitrogens with one attached hydrogen (secondary N) is 1. The summed E-state index contributed by atoms with van der Waals surface area (Å²) in [5.74, 6) is 0. The molecule has 2 aromatic carbocycles. The minimum atomic E-state index is -4.96. The Balaban J connectivity index is 1.89.